The zero-order valence-electron chi connectivity index (χ0n) is 9.15. The Morgan fingerprint density at radius 1 is 1.28 bits per heavy atom. The second-order valence-electron chi connectivity index (χ2n) is 3.78. The van der Waals surface area contributed by atoms with Crippen LogP contribution in [0.1, 0.15) is 38.0 Å². The Morgan fingerprint density at radius 3 is 2.44 bits per heavy atom. The molecular weight excluding hydrogens is 260 g/mol. The molecule has 0 saturated carbocycles. The van der Waals surface area contributed by atoms with Crippen molar-refractivity contribution in [1.29, 1.82) is 0 Å². The molecule has 18 heavy (non-hydrogen) atoms. The van der Waals surface area contributed by atoms with Crippen LogP contribution in [0.3, 0.4) is 0 Å². The van der Waals surface area contributed by atoms with E-state index in [1.807, 2.05) is 0 Å². The maximum absolute atomic E-state index is 11.7. The summed E-state index contributed by atoms with van der Waals surface area (Å²) in [6.07, 6.45) is 0.868. The van der Waals surface area contributed by atoms with Gasteiger partial charge in [-0.1, -0.05) is 11.6 Å². The summed E-state index contributed by atoms with van der Waals surface area (Å²) >= 11 is 5.56. The van der Waals surface area contributed by atoms with Gasteiger partial charge in [-0.15, -0.1) is 0 Å². The highest BCUT2D eigenvalue weighted by atomic mass is 35.5. The summed E-state index contributed by atoms with van der Waals surface area (Å²) in [7, 11) is 0. The Labute approximate surface area is 106 Å². The minimum atomic E-state index is -0.698. The third-order valence-electron chi connectivity index (χ3n) is 2.60. The third kappa shape index (κ3) is 1.60. The van der Waals surface area contributed by atoms with Crippen molar-refractivity contribution in [3.8, 4) is 11.5 Å². The predicted octanol–water partition coefficient (Wildman–Crippen LogP) is 1.80. The Morgan fingerprint density at radius 2 is 1.89 bits per heavy atom. The number of aromatic hydroxyl groups is 2. The summed E-state index contributed by atoms with van der Waals surface area (Å²) in [5.41, 5.74) is -0.916. The molecule has 0 unspecified atom stereocenters. The average Bonchev–Trinajstić information content (AvgIpc) is 2.24. The van der Waals surface area contributed by atoms with Crippen LogP contribution >= 0.6 is 11.6 Å². The molecule has 0 aliphatic heterocycles. The van der Waals surface area contributed by atoms with E-state index < -0.39 is 28.8 Å². The van der Waals surface area contributed by atoms with Crippen molar-refractivity contribution in [2.24, 2.45) is 0 Å². The predicted molar refractivity (Wildman–Crippen MR) is 62.4 cm³/mol. The minimum Gasteiger partial charge on any atom is -0.507 e. The number of halogens is 1. The normalized spacial score (nSPS) is 14.2. The first-order valence-corrected chi connectivity index (χ1v) is 5.28. The molecule has 2 N–H and O–H groups in total. The first-order valence-electron chi connectivity index (χ1n) is 4.90. The summed E-state index contributed by atoms with van der Waals surface area (Å²) in [5, 5.41) is 19.1. The van der Waals surface area contributed by atoms with E-state index in [1.54, 1.807) is 0 Å². The van der Waals surface area contributed by atoms with Gasteiger partial charge in [0.05, 0.1) is 10.6 Å². The van der Waals surface area contributed by atoms with Crippen molar-refractivity contribution >= 4 is 29.0 Å². The summed E-state index contributed by atoms with van der Waals surface area (Å²) < 4.78 is 0. The fourth-order valence-electron chi connectivity index (χ4n) is 1.81. The van der Waals surface area contributed by atoms with Crippen molar-refractivity contribution in [2.75, 3.05) is 0 Å². The van der Waals surface area contributed by atoms with Gasteiger partial charge in [0.1, 0.15) is 17.1 Å². The van der Waals surface area contributed by atoms with Crippen molar-refractivity contribution in [3.63, 3.8) is 0 Å². The lowest BCUT2D eigenvalue weighted by Crippen LogP contribution is -2.16. The molecule has 0 fully saturated rings. The fraction of sp³-hybridized carbons (Fsp3) is 0.0833. The number of phenolic OH excluding ortho intramolecular Hbond substituents is 2. The van der Waals surface area contributed by atoms with E-state index in [1.165, 1.54) is 0 Å². The number of ketones is 3. The monoisotopic (exact) mass is 266 g/mol. The molecule has 2 rings (SSSR count). The summed E-state index contributed by atoms with van der Waals surface area (Å²) in [6.45, 7) is 1.12. The minimum absolute atomic E-state index is 0.215. The van der Waals surface area contributed by atoms with Crippen molar-refractivity contribution in [1.82, 2.24) is 0 Å². The molecule has 0 atom stereocenters. The number of Topliss-reactive ketones (excluding diaryl/α,β-unsaturated/α-hetero) is 2. The van der Waals surface area contributed by atoms with E-state index in [2.05, 4.69) is 0 Å². The van der Waals surface area contributed by atoms with Crippen LogP contribution in [0, 0.1) is 0 Å². The summed E-state index contributed by atoms with van der Waals surface area (Å²) in [4.78, 5) is 34.6. The second kappa shape index (κ2) is 3.96. The molecule has 92 valence electrons. The highest BCUT2D eigenvalue weighted by molar-refractivity contribution is 6.49. The number of benzene rings is 1. The van der Waals surface area contributed by atoms with Crippen LogP contribution in [-0.4, -0.2) is 27.6 Å². The molecule has 1 aromatic rings. The average molecular weight is 267 g/mol. The molecule has 0 saturated heterocycles. The molecule has 1 aliphatic rings. The largest absolute Gasteiger partial charge is 0.507 e. The molecule has 0 radical (unpaired) electrons. The van der Waals surface area contributed by atoms with E-state index in [9.17, 15) is 24.6 Å². The van der Waals surface area contributed by atoms with E-state index in [4.69, 9.17) is 11.6 Å². The van der Waals surface area contributed by atoms with Crippen molar-refractivity contribution in [3.05, 3.63) is 33.9 Å². The topological polar surface area (TPSA) is 91.7 Å². The lowest BCUT2D eigenvalue weighted by atomic mass is 9.90. The Hall–Kier alpha value is -2.14. The Kier molecular flexibility index (Phi) is 2.71. The second-order valence-corrected chi connectivity index (χ2v) is 4.19. The maximum Gasteiger partial charge on any atom is 0.205 e. The molecule has 5 nitrogen and oxygen atoms in total. The van der Waals surface area contributed by atoms with Crippen LogP contribution in [0.2, 0.25) is 0 Å². The number of rotatable bonds is 1. The van der Waals surface area contributed by atoms with Crippen LogP contribution in [-0.2, 0) is 0 Å². The molecule has 0 aromatic heterocycles. The van der Waals surface area contributed by atoms with E-state index in [-0.39, 0.29) is 21.7 Å². The van der Waals surface area contributed by atoms with Gasteiger partial charge in [-0.2, -0.15) is 0 Å². The first kappa shape index (κ1) is 12.3. The van der Waals surface area contributed by atoms with Gasteiger partial charge in [0.2, 0.25) is 5.78 Å². The smallest absolute Gasteiger partial charge is 0.205 e. The molecule has 0 amide bonds. The number of hydrogen-bond donors (Lipinski definition) is 2. The third-order valence-corrected chi connectivity index (χ3v) is 2.88. The van der Waals surface area contributed by atoms with Gasteiger partial charge in [-0.05, 0) is 13.0 Å². The Balaban J connectivity index is 2.85. The highest BCUT2D eigenvalue weighted by Gasteiger charge is 2.31. The maximum atomic E-state index is 11.7. The fourth-order valence-corrected chi connectivity index (χ4v) is 2.01. The SMILES string of the molecule is CC(=O)c1c(O)cc2c(c1O)C(=O)C=C(Cl)C2=O. The van der Waals surface area contributed by atoms with E-state index >= 15 is 0 Å². The van der Waals surface area contributed by atoms with Gasteiger partial charge >= 0.3 is 0 Å². The number of carbonyl (C=O) groups is 3. The van der Waals surface area contributed by atoms with Gasteiger partial charge in [-0.25, -0.2) is 0 Å². The van der Waals surface area contributed by atoms with Crippen LogP contribution in [0.15, 0.2) is 17.2 Å². The lowest BCUT2D eigenvalue weighted by molar-refractivity contribution is 0.0983. The molecule has 0 spiro atoms. The quantitative estimate of drug-likeness (QED) is 0.756. The number of fused-ring (bicyclic) bond motifs is 1. The number of carbonyl (C=O) groups excluding carboxylic acids is 3. The van der Waals surface area contributed by atoms with Crippen LogP contribution in [0.25, 0.3) is 0 Å². The lowest BCUT2D eigenvalue weighted by Gasteiger charge is -2.15. The highest BCUT2D eigenvalue weighted by Crippen LogP contribution is 2.37. The standard InChI is InChI=1S/C12H7ClO5/c1-4(14)9-7(15)2-5-10(12(9)18)8(16)3-6(13)11(5)17/h2-3,15,18H,1H3. The molecular formula is C12H7ClO5. The molecule has 1 aromatic carbocycles. The van der Waals surface area contributed by atoms with Crippen molar-refractivity contribution in [2.45, 2.75) is 6.92 Å². The van der Waals surface area contributed by atoms with Gasteiger partial charge in [-0.3, -0.25) is 14.4 Å². The molecule has 0 bridgehead atoms. The van der Waals surface area contributed by atoms with Crippen LogP contribution < -0.4 is 0 Å². The molecule has 0 heterocycles. The zero-order chi connectivity index (χ0) is 13.6. The summed E-state index contributed by atoms with van der Waals surface area (Å²) in [5.74, 6) is -3.25. The molecule has 6 heteroatoms. The number of hydrogen-bond acceptors (Lipinski definition) is 5. The van der Waals surface area contributed by atoms with Gasteiger partial charge in [0, 0.05) is 11.6 Å². The zero-order valence-corrected chi connectivity index (χ0v) is 9.91. The summed E-state index contributed by atoms with van der Waals surface area (Å²) in [6, 6.07) is 0.960. The molecule has 1 aliphatic carbocycles. The first-order chi connectivity index (χ1) is 8.34. The van der Waals surface area contributed by atoms with Crippen LogP contribution in [0.5, 0.6) is 11.5 Å². The number of allylic oxidation sites excluding steroid dienone is 2. The van der Waals surface area contributed by atoms with E-state index in [0.717, 1.165) is 19.1 Å². The van der Waals surface area contributed by atoms with E-state index in [0.29, 0.717) is 0 Å². The van der Waals surface area contributed by atoms with Gasteiger partial charge < -0.3 is 10.2 Å². The Bertz CT molecular complexity index is 642. The van der Waals surface area contributed by atoms with Gasteiger partial charge in [0.25, 0.3) is 0 Å². The number of phenols is 2. The van der Waals surface area contributed by atoms with Crippen LogP contribution in [0.4, 0.5) is 0 Å². The van der Waals surface area contributed by atoms with Crippen molar-refractivity contribution < 1.29 is 24.6 Å². The van der Waals surface area contributed by atoms with Gasteiger partial charge in [0.15, 0.2) is 11.6 Å².